The highest BCUT2D eigenvalue weighted by molar-refractivity contribution is 7.26. The van der Waals surface area contributed by atoms with Crippen molar-refractivity contribution < 1.29 is 4.42 Å². The fourth-order valence-electron chi connectivity index (χ4n) is 8.31. The van der Waals surface area contributed by atoms with E-state index in [-0.39, 0.29) is 0 Å². The molecule has 0 unspecified atom stereocenters. The van der Waals surface area contributed by atoms with Crippen molar-refractivity contribution in [3.8, 4) is 33.4 Å². The van der Waals surface area contributed by atoms with Crippen LogP contribution in [-0.4, -0.2) is 0 Å². The quantitative estimate of drug-likeness (QED) is 0.173. The summed E-state index contributed by atoms with van der Waals surface area (Å²) in [6.07, 6.45) is 1.78. The summed E-state index contributed by atoms with van der Waals surface area (Å²) in [6.45, 7) is 0. The Morgan fingerprint density at radius 2 is 1.04 bits per heavy atom. The number of benzene rings is 9. The first-order valence-electron chi connectivity index (χ1n) is 17.1. The van der Waals surface area contributed by atoms with Crippen molar-refractivity contribution in [3.63, 3.8) is 0 Å². The molecule has 0 fully saturated rings. The molecular formula is C48H28OS. The maximum Gasteiger partial charge on any atom is 0.134 e. The minimum Gasteiger partial charge on any atom is -0.464 e. The summed E-state index contributed by atoms with van der Waals surface area (Å²) in [7, 11) is 0. The van der Waals surface area contributed by atoms with E-state index in [9.17, 15) is 0 Å². The van der Waals surface area contributed by atoms with Crippen LogP contribution in [0.5, 0.6) is 0 Å². The average Bonchev–Trinajstić information content (AvgIpc) is 3.82. The van der Waals surface area contributed by atoms with Gasteiger partial charge in [0.2, 0.25) is 0 Å². The van der Waals surface area contributed by atoms with Crippen LogP contribution in [0.4, 0.5) is 0 Å². The van der Waals surface area contributed by atoms with E-state index in [2.05, 4.69) is 164 Å². The van der Waals surface area contributed by atoms with Crippen molar-refractivity contribution in [1.29, 1.82) is 0 Å². The van der Waals surface area contributed by atoms with Crippen molar-refractivity contribution in [3.05, 3.63) is 170 Å². The first-order chi connectivity index (χ1) is 24.8. The maximum atomic E-state index is 5.74. The van der Waals surface area contributed by atoms with Crippen LogP contribution >= 0.6 is 11.3 Å². The number of fused-ring (bicyclic) bond motifs is 9. The van der Waals surface area contributed by atoms with Crippen LogP contribution in [0.3, 0.4) is 0 Å². The summed E-state index contributed by atoms with van der Waals surface area (Å²) in [4.78, 5) is 0. The first-order valence-corrected chi connectivity index (χ1v) is 17.9. The molecule has 0 spiro atoms. The summed E-state index contributed by atoms with van der Waals surface area (Å²) in [6, 6.07) is 60.4. The second-order valence-electron chi connectivity index (χ2n) is 13.2. The van der Waals surface area contributed by atoms with Gasteiger partial charge in [-0.25, -0.2) is 0 Å². The molecule has 0 aliphatic heterocycles. The van der Waals surface area contributed by atoms with Gasteiger partial charge in [0, 0.05) is 31.1 Å². The summed E-state index contributed by atoms with van der Waals surface area (Å²) < 4.78 is 8.39. The molecule has 2 heteroatoms. The zero-order chi connectivity index (χ0) is 32.8. The molecule has 0 atom stereocenters. The van der Waals surface area contributed by atoms with Crippen LogP contribution in [-0.2, 0) is 0 Å². The monoisotopic (exact) mass is 652 g/mol. The van der Waals surface area contributed by atoms with Gasteiger partial charge in [0.25, 0.3) is 0 Å². The van der Waals surface area contributed by atoms with E-state index in [1.807, 2.05) is 11.3 Å². The molecule has 2 heterocycles. The lowest BCUT2D eigenvalue weighted by molar-refractivity contribution is 0.616. The SMILES string of the molecule is c1ccc2c(-c3ccc4c(-c5ccc6c(ccc7occc76)c5)c5ccccc5c(-c5cccc6c5sc5ccccc56)c4c3)cccc2c1. The van der Waals surface area contributed by atoms with E-state index in [1.54, 1.807) is 6.26 Å². The Morgan fingerprint density at radius 3 is 1.96 bits per heavy atom. The van der Waals surface area contributed by atoms with Gasteiger partial charge in [-0.1, -0.05) is 133 Å². The molecule has 11 rings (SSSR count). The molecule has 0 amide bonds. The van der Waals surface area contributed by atoms with Gasteiger partial charge in [-0.2, -0.15) is 0 Å². The minimum atomic E-state index is 0.918. The Bertz CT molecular complexity index is 3150. The summed E-state index contributed by atoms with van der Waals surface area (Å²) in [5.74, 6) is 0. The number of furan rings is 1. The van der Waals surface area contributed by atoms with E-state index < -0.39 is 0 Å². The van der Waals surface area contributed by atoms with Gasteiger partial charge in [-0.15, -0.1) is 11.3 Å². The predicted octanol–water partition coefficient (Wildman–Crippen LogP) is 14.4. The highest BCUT2D eigenvalue weighted by Crippen LogP contribution is 2.49. The van der Waals surface area contributed by atoms with Crippen molar-refractivity contribution in [1.82, 2.24) is 0 Å². The van der Waals surface area contributed by atoms with Crippen molar-refractivity contribution in [2.24, 2.45) is 0 Å². The molecule has 0 aliphatic rings. The molecule has 0 saturated carbocycles. The van der Waals surface area contributed by atoms with Gasteiger partial charge >= 0.3 is 0 Å². The lowest BCUT2D eigenvalue weighted by atomic mass is 9.84. The van der Waals surface area contributed by atoms with E-state index >= 15 is 0 Å². The lowest BCUT2D eigenvalue weighted by Gasteiger charge is -2.20. The summed E-state index contributed by atoms with van der Waals surface area (Å²) >= 11 is 1.90. The van der Waals surface area contributed by atoms with Crippen LogP contribution in [0.15, 0.2) is 174 Å². The largest absolute Gasteiger partial charge is 0.464 e. The molecule has 2 aromatic heterocycles. The maximum absolute atomic E-state index is 5.74. The zero-order valence-electron chi connectivity index (χ0n) is 27.0. The molecule has 11 aromatic rings. The number of hydrogen-bond donors (Lipinski definition) is 0. The van der Waals surface area contributed by atoms with E-state index in [0.29, 0.717) is 0 Å². The smallest absolute Gasteiger partial charge is 0.134 e. The Hall–Kier alpha value is -6.22. The number of rotatable bonds is 3. The molecule has 9 aromatic carbocycles. The van der Waals surface area contributed by atoms with E-state index in [0.717, 1.165) is 11.0 Å². The molecule has 1 nitrogen and oxygen atoms in total. The third-order valence-electron chi connectivity index (χ3n) is 10.5. The topological polar surface area (TPSA) is 13.1 Å². The van der Waals surface area contributed by atoms with E-state index in [1.165, 1.54) is 96.6 Å². The van der Waals surface area contributed by atoms with Gasteiger partial charge in [-0.3, -0.25) is 0 Å². The Balaban J connectivity index is 1.28. The van der Waals surface area contributed by atoms with Crippen molar-refractivity contribution in [2.75, 3.05) is 0 Å². The second-order valence-corrected chi connectivity index (χ2v) is 14.2. The summed E-state index contributed by atoms with van der Waals surface area (Å²) in [5.41, 5.74) is 8.45. The van der Waals surface area contributed by atoms with Crippen LogP contribution < -0.4 is 0 Å². The predicted molar refractivity (Wildman–Crippen MR) is 215 cm³/mol. The zero-order valence-corrected chi connectivity index (χ0v) is 27.8. The Labute approximate surface area is 292 Å². The summed E-state index contributed by atoms with van der Waals surface area (Å²) in [5, 5.41) is 13.8. The molecule has 0 N–H and O–H groups in total. The van der Waals surface area contributed by atoms with Crippen LogP contribution in [0.2, 0.25) is 0 Å². The number of thiophene rings is 1. The van der Waals surface area contributed by atoms with Gasteiger partial charge in [0.1, 0.15) is 5.58 Å². The molecule has 0 bridgehead atoms. The Kier molecular flexibility index (Phi) is 5.89. The molecule has 0 radical (unpaired) electrons. The molecular weight excluding hydrogens is 625 g/mol. The lowest BCUT2D eigenvalue weighted by Crippen LogP contribution is -1.92. The average molecular weight is 653 g/mol. The molecule has 0 saturated heterocycles. The standard InChI is InChI=1S/C48H28OS/c1-2-11-33-29(9-1)10-7-15-34(33)31-19-23-40-43(28-31)47(42-17-8-16-41-37-12-5-6-18-45(37)50-48(41)42)39-14-4-3-13-38(39)46(40)32-20-22-35-30(27-32)21-24-44-36(35)25-26-49-44/h1-28H. The molecule has 0 aliphatic carbocycles. The fraction of sp³-hybridized carbons (Fsp3) is 0. The third-order valence-corrected chi connectivity index (χ3v) is 11.8. The van der Waals surface area contributed by atoms with Crippen molar-refractivity contribution >= 4 is 85.6 Å². The van der Waals surface area contributed by atoms with Crippen LogP contribution in [0, 0.1) is 0 Å². The Morgan fingerprint density at radius 1 is 0.360 bits per heavy atom. The molecule has 232 valence electrons. The van der Waals surface area contributed by atoms with Crippen molar-refractivity contribution in [2.45, 2.75) is 0 Å². The highest BCUT2D eigenvalue weighted by Gasteiger charge is 2.21. The van der Waals surface area contributed by atoms with Gasteiger partial charge in [0.15, 0.2) is 0 Å². The number of hydrogen-bond acceptors (Lipinski definition) is 2. The van der Waals surface area contributed by atoms with E-state index in [4.69, 9.17) is 4.42 Å². The molecule has 50 heavy (non-hydrogen) atoms. The van der Waals surface area contributed by atoms with Gasteiger partial charge in [0.05, 0.1) is 6.26 Å². The first kappa shape index (κ1) is 27.7. The third kappa shape index (κ3) is 4.00. The van der Waals surface area contributed by atoms with Crippen LogP contribution in [0.1, 0.15) is 0 Å². The second kappa shape index (κ2) is 10.6. The highest BCUT2D eigenvalue weighted by atomic mass is 32.1. The van der Waals surface area contributed by atoms with Gasteiger partial charge in [-0.05, 0) is 101 Å². The van der Waals surface area contributed by atoms with Crippen LogP contribution in [0.25, 0.3) is 108 Å². The fourth-order valence-corrected chi connectivity index (χ4v) is 9.53. The minimum absolute atomic E-state index is 0.918. The normalized spacial score (nSPS) is 12.0. The van der Waals surface area contributed by atoms with Gasteiger partial charge < -0.3 is 4.42 Å².